The molecule has 0 unspecified atom stereocenters. The molecule has 0 saturated heterocycles. The fourth-order valence-electron chi connectivity index (χ4n) is 2.88. The van der Waals surface area contributed by atoms with Gasteiger partial charge in [0.1, 0.15) is 23.7 Å². The Kier molecular flexibility index (Phi) is 4.01. The standard InChI is InChI=1S/C17H14F2N2O3/c1-9-16-15(4-3-11(8-22)17(16)24-10(2)23)21(20-9)14-6-12(18)5-13(19)7-14/h5-8H,3-4H2,1-2H3. The molecule has 0 amide bonds. The van der Waals surface area contributed by atoms with Gasteiger partial charge in [0, 0.05) is 18.6 Å². The highest BCUT2D eigenvalue weighted by Crippen LogP contribution is 2.35. The first-order valence-electron chi connectivity index (χ1n) is 7.32. The normalized spacial score (nSPS) is 13.7. The maximum absolute atomic E-state index is 13.5. The highest BCUT2D eigenvalue weighted by Gasteiger charge is 2.28. The van der Waals surface area contributed by atoms with Gasteiger partial charge in [-0.3, -0.25) is 9.59 Å². The fourth-order valence-corrected chi connectivity index (χ4v) is 2.88. The number of ether oxygens (including phenoxy) is 1. The van der Waals surface area contributed by atoms with Crippen molar-refractivity contribution >= 4 is 18.0 Å². The van der Waals surface area contributed by atoms with Crippen LogP contribution in [0, 0.1) is 18.6 Å². The molecule has 3 rings (SSSR count). The van der Waals surface area contributed by atoms with E-state index in [-0.39, 0.29) is 11.4 Å². The first kappa shape index (κ1) is 16.0. The number of carbonyl (C=O) groups excluding carboxylic acids is 2. The summed E-state index contributed by atoms with van der Waals surface area (Å²) in [6, 6.07) is 3.11. The van der Waals surface area contributed by atoms with E-state index in [1.807, 2.05) is 0 Å². The van der Waals surface area contributed by atoms with Gasteiger partial charge in [0.15, 0.2) is 0 Å². The van der Waals surface area contributed by atoms with E-state index in [1.165, 1.54) is 23.7 Å². The number of carbonyl (C=O) groups is 2. The molecular formula is C17H14F2N2O3. The minimum atomic E-state index is -0.716. The third kappa shape index (κ3) is 2.73. The van der Waals surface area contributed by atoms with Crippen molar-refractivity contribution < 1.29 is 23.1 Å². The zero-order chi connectivity index (χ0) is 17.4. The first-order valence-corrected chi connectivity index (χ1v) is 7.32. The van der Waals surface area contributed by atoms with Crippen LogP contribution >= 0.6 is 0 Å². The third-order valence-corrected chi connectivity index (χ3v) is 3.79. The number of fused-ring (bicyclic) bond motifs is 1. The monoisotopic (exact) mass is 332 g/mol. The van der Waals surface area contributed by atoms with Crippen LogP contribution in [0.25, 0.3) is 11.4 Å². The minimum absolute atomic E-state index is 0.166. The molecule has 1 aromatic heterocycles. The maximum Gasteiger partial charge on any atom is 0.308 e. The molecule has 0 aliphatic heterocycles. The van der Waals surface area contributed by atoms with Crippen LogP contribution in [0.3, 0.4) is 0 Å². The highest BCUT2D eigenvalue weighted by atomic mass is 19.1. The summed E-state index contributed by atoms with van der Waals surface area (Å²) in [5, 5.41) is 4.31. The van der Waals surface area contributed by atoms with E-state index in [9.17, 15) is 18.4 Å². The van der Waals surface area contributed by atoms with Gasteiger partial charge < -0.3 is 4.74 Å². The van der Waals surface area contributed by atoms with Crippen molar-refractivity contribution in [2.24, 2.45) is 0 Å². The van der Waals surface area contributed by atoms with Crippen molar-refractivity contribution in [3.8, 4) is 5.69 Å². The number of benzene rings is 1. The summed E-state index contributed by atoms with van der Waals surface area (Å²) in [4.78, 5) is 22.6. The van der Waals surface area contributed by atoms with Crippen molar-refractivity contribution in [3.63, 3.8) is 0 Å². The van der Waals surface area contributed by atoms with Crippen LogP contribution in [-0.4, -0.2) is 22.0 Å². The summed E-state index contributed by atoms with van der Waals surface area (Å²) in [5.74, 6) is -1.82. The van der Waals surface area contributed by atoms with Gasteiger partial charge in [-0.2, -0.15) is 5.10 Å². The average Bonchev–Trinajstić information content (AvgIpc) is 2.83. The number of hydrogen-bond acceptors (Lipinski definition) is 4. The topological polar surface area (TPSA) is 61.2 Å². The lowest BCUT2D eigenvalue weighted by Crippen LogP contribution is -2.13. The van der Waals surface area contributed by atoms with Crippen molar-refractivity contribution in [2.45, 2.75) is 26.7 Å². The Balaban J connectivity index is 2.20. The van der Waals surface area contributed by atoms with Gasteiger partial charge in [-0.25, -0.2) is 13.5 Å². The average molecular weight is 332 g/mol. The molecule has 1 heterocycles. The summed E-state index contributed by atoms with van der Waals surface area (Å²) in [7, 11) is 0. The Bertz CT molecular complexity index is 864. The fraction of sp³-hybridized carbons (Fsp3) is 0.235. The Morgan fingerprint density at radius 1 is 1.25 bits per heavy atom. The van der Waals surface area contributed by atoms with E-state index >= 15 is 0 Å². The van der Waals surface area contributed by atoms with Gasteiger partial charge in [0.05, 0.1) is 22.6 Å². The molecule has 0 spiro atoms. The van der Waals surface area contributed by atoms with Gasteiger partial charge in [-0.05, 0) is 31.9 Å². The summed E-state index contributed by atoms with van der Waals surface area (Å²) < 4.78 is 33.6. The van der Waals surface area contributed by atoms with Gasteiger partial charge in [0.2, 0.25) is 0 Å². The Labute approximate surface area is 136 Å². The highest BCUT2D eigenvalue weighted by molar-refractivity contribution is 5.91. The second kappa shape index (κ2) is 5.99. The summed E-state index contributed by atoms with van der Waals surface area (Å²) in [6.45, 7) is 2.92. The van der Waals surface area contributed by atoms with E-state index in [0.717, 1.165) is 6.07 Å². The Hall–Kier alpha value is -2.83. The number of allylic oxidation sites excluding steroid dienone is 1. The zero-order valence-electron chi connectivity index (χ0n) is 13.1. The lowest BCUT2D eigenvalue weighted by Gasteiger charge is -2.18. The molecule has 0 radical (unpaired) electrons. The second-order valence-electron chi connectivity index (χ2n) is 5.51. The maximum atomic E-state index is 13.5. The quantitative estimate of drug-likeness (QED) is 0.640. The van der Waals surface area contributed by atoms with Crippen LogP contribution in [0.15, 0.2) is 23.8 Å². The number of aryl methyl sites for hydroxylation is 1. The molecular weight excluding hydrogens is 318 g/mol. The molecule has 7 heteroatoms. The summed E-state index contributed by atoms with van der Waals surface area (Å²) in [5.41, 5.74) is 2.26. The minimum Gasteiger partial charge on any atom is -0.426 e. The first-order chi connectivity index (χ1) is 11.4. The molecule has 0 saturated carbocycles. The molecule has 0 N–H and O–H groups in total. The predicted octanol–water partition coefficient (Wildman–Crippen LogP) is 2.88. The largest absolute Gasteiger partial charge is 0.426 e. The summed E-state index contributed by atoms with van der Waals surface area (Å²) in [6.07, 6.45) is 1.44. The number of halogens is 2. The summed E-state index contributed by atoms with van der Waals surface area (Å²) >= 11 is 0. The van der Waals surface area contributed by atoms with Gasteiger partial charge >= 0.3 is 5.97 Å². The van der Waals surface area contributed by atoms with Crippen LogP contribution in [-0.2, 0) is 20.7 Å². The molecule has 1 aliphatic carbocycles. The molecule has 24 heavy (non-hydrogen) atoms. The number of nitrogens with zero attached hydrogens (tertiary/aromatic N) is 2. The molecule has 0 fully saturated rings. The van der Waals surface area contributed by atoms with Crippen molar-refractivity contribution in [1.82, 2.24) is 9.78 Å². The van der Waals surface area contributed by atoms with Crippen LogP contribution in [0.2, 0.25) is 0 Å². The van der Waals surface area contributed by atoms with Crippen molar-refractivity contribution in [3.05, 3.63) is 52.4 Å². The van der Waals surface area contributed by atoms with E-state index in [1.54, 1.807) is 6.92 Å². The zero-order valence-corrected chi connectivity index (χ0v) is 13.1. The van der Waals surface area contributed by atoms with E-state index < -0.39 is 17.6 Å². The number of aldehydes is 1. The third-order valence-electron chi connectivity index (χ3n) is 3.79. The Morgan fingerprint density at radius 2 is 1.92 bits per heavy atom. The molecule has 2 aromatic rings. The molecule has 1 aliphatic rings. The van der Waals surface area contributed by atoms with Crippen LogP contribution in [0.5, 0.6) is 0 Å². The molecule has 0 bridgehead atoms. The number of hydrogen-bond donors (Lipinski definition) is 0. The van der Waals surface area contributed by atoms with E-state index in [0.29, 0.717) is 41.7 Å². The van der Waals surface area contributed by atoms with E-state index in [4.69, 9.17) is 4.74 Å². The molecule has 1 aromatic carbocycles. The SMILES string of the molecule is CC(=O)OC1=C(C=O)CCc2c1c(C)nn2-c1cc(F)cc(F)c1. The molecule has 0 atom stereocenters. The van der Waals surface area contributed by atoms with Crippen molar-refractivity contribution in [2.75, 3.05) is 0 Å². The Morgan fingerprint density at radius 3 is 2.50 bits per heavy atom. The lowest BCUT2D eigenvalue weighted by atomic mass is 9.94. The van der Waals surface area contributed by atoms with Crippen LogP contribution in [0.1, 0.15) is 30.3 Å². The number of aromatic nitrogens is 2. The van der Waals surface area contributed by atoms with Crippen LogP contribution < -0.4 is 0 Å². The number of rotatable bonds is 3. The molecule has 5 nitrogen and oxygen atoms in total. The van der Waals surface area contributed by atoms with E-state index in [2.05, 4.69) is 5.10 Å². The smallest absolute Gasteiger partial charge is 0.308 e. The molecule has 124 valence electrons. The van der Waals surface area contributed by atoms with Gasteiger partial charge in [-0.1, -0.05) is 0 Å². The van der Waals surface area contributed by atoms with Crippen molar-refractivity contribution in [1.29, 1.82) is 0 Å². The van der Waals surface area contributed by atoms with Gasteiger partial charge in [0.25, 0.3) is 0 Å². The predicted molar refractivity (Wildman–Crippen MR) is 81.3 cm³/mol. The lowest BCUT2D eigenvalue weighted by molar-refractivity contribution is -0.134. The number of esters is 1. The van der Waals surface area contributed by atoms with Gasteiger partial charge in [-0.15, -0.1) is 0 Å². The second-order valence-corrected chi connectivity index (χ2v) is 5.51. The van der Waals surface area contributed by atoms with Crippen LogP contribution in [0.4, 0.5) is 8.78 Å².